The zero-order valence-electron chi connectivity index (χ0n) is 12.9. The van der Waals surface area contributed by atoms with E-state index in [0.29, 0.717) is 28.2 Å². The smallest absolute Gasteiger partial charge is 0.274 e. The summed E-state index contributed by atoms with van der Waals surface area (Å²) in [5, 5.41) is 6.64. The summed E-state index contributed by atoms with van der Waals surface area (Å²) in [5.41, 5.74) is 1.75. The maximum atomic E-state index is 12.3. The lowest BCUT2D eigenvalue weighted by Gasteiger charge is -2.08. The summed E-state index contributed by atoms with van der Waals surface area (Å²) in [7, 11) is 0. The van der Waals surface area contributed by atoms with Crippen LogP contribution in [-0.2, 0) is 6.54 Å². The molecule has 8 heteroatoms. The Morgan fingerprint density at radius 3 is 2.44 bits per heavy atom. The molecule has 0 radical (unpaired) electrons. The second-order valence-electron chi connectivity index (χ2n) is 5.09. The van der Waals surface area contributed by atoms with Gasteiger partial charge in [-0.2, -0.15) is 0 Å². The summed E-state index contributed by atoms with van der Waals surface area (Å²) in [4.78, 5) is 24.6. The molecule has 6 nitrogen and oxygen atoms in total. The Labute approximate surface area is 154 Å². The predicted octanol–water partition coefficient (Wildman–Crippen LogP) is 4.04. The van der Waals surface area contributed by atoms with Crippen molar-refractivity contribution in [2.75, 3.05) is 10.6 Å². The predicted molar refractivity (Wildman–Crippen MR) is 98.0 cm³/mol. The zero-order chi connectivity index (χ0) is 17.6. The molecule has 0 atom stereocenters. The second kappa shape index (κ2) is 7.92. The molecule has 1 amide bonds. The highest BCUT2D eigenvalue weighted by Crippen LogP contribution is 2.22. The molecule has 0 unspecified atom stereocenters. The van der Waals surface area contributed by atoms with Gasteiger partial charge in [-0.3, -0.25) is 9.78 Å². The third-order valence-electron chi connectivity index (χ3n) is 3.21. The van der Waals surface area contributed by atoms with Gasteiger partial charge >= 0.3 is 0 Å². The van der Waals surface area contributed by atoms with Gasteiger partial charge in [0.1, 0.15) is 5.69 Å². The van der Waals surface area contributed by atoms with Crippen LogP contribution in [0.25, 0.3) is 0 Å². The maximum absolute atomic E-state index is 12.3. The third kappa shape index (κ3) is 4.89. The molecule has 2 heterocycles. The molecule has 126 valence electrons. The summed E-state index contributed by atoms with van der Waals surface area (Å²) in [6.07, 6.45) is 4.93. The van der Waals surface area contributed by atoms with Crippen molar-refractivity contribution in [2.45, 2.75) is 6.54 Å². The zero-order valence-corrected chi connectivity index (χ0v) is 14.4. The van der Waals surface area contributed by atoms with Gasteiger partial charge in [-0.25, -0.2) is 9.97 Å². The quantitative estimate of drug-likeness (QED) is 0.705. The molecule has 3 rings (SSSR count). The first-order chi connectivity index (χ1) is 12.1. The highest BCUT2D eigenvalue weighted by atomic mass is 35.5. The van der Waals surface area contributed by atoms with Crippen molar-refractivity contribution in [3.8, 4) is 0 Å². The van der Waals surface area contributed by atoms with Crippen molar-refractivity contribution in [1.29, 1.82) is 0 Å². The molecule has 1 aromatic carbocycles. The molecule has 0 aliphatic carbocycles. The highest BCUT2D eigenvalue weighted by molar-refractivity contribution is 6.35. The van der Waals surface area contributed by atoms with Gasteiger partial charge in [0.25, 0.3) is 5.91 Å². The molecule has 0 spiro atoms. The van der Waals surface area contributed by atoms with E-state index >= 15 is 0 Å². The van der Waals surface area contributed by atoms with Gasteiger partial charge in [-0.05, 0) is 42.0 Å². The van der Waals surface area contributed by atoms with E-state index in [-0.39, 0.29) is 11.6 Å². The van der Waals surface area contributed by atoms with E-state index in [0.717, 1.165) is 5.56 Å². The van der Waals surface area contributed by atoms with Crippen LogP contribution in [0.4, 0.5) is 11.6 Å². The van der Waals surface area contributed by atoms with Crippen molar-refractivity contribution in [2.24, 2.45) is 0 Å². The number of benzene rings is 1. The molecule has 0 aliphatic heterocycles. The minimum absolute atomic E-state index is 0.225. The van der Waals surface area contributed by atoms with Crippen molar-refractivity contribution in [3.63, 3.8) is 0 Å². The number of amides is 1. The van der Waals surface area contributed by atoms with Crippen LogP contribution in [0, 0.1) is 0 Å². The molecule has 0 fully saturated rings. The molecule has 3 aromatic rings. The molecule has 2 aromatic heterocycles. The number of pyridine rings is 1. The lowest BCUT2D eigenvalue weighted by Crippen LogP contribution is -2.15. The molecular weight excluding hydrogens is 361 g/mol. The first kappa shape index (κ1) is 17.1. The van der Waals surface area contributed by atoms with Crippen LogP contribution in [0.2, 0.25) is 10.0 Å². The highest BCUT2D eigenvalue weighted by Gasteiger charge is 2.10. The second-order valence-corrected chi connectivity index (χ2v) is 5.96. The average Bonchev–Trinajstić information content (AvgIpc) is 2.60. The van der Waals surface area contributed by atoms with E-state index in [1.807, 2.05) is 12.1 Å². The molecular formula is C17H13Cl2N5O. The van der Waals surface area contributed by atoms with Crippen LogP contribution in [-0.4, -0.2) is 20.9 Å². The van der Waals surface area contributed by atoms with Gasteiger partial charge in [0.05, 0.1) is 0 Å². The Bertz CT molecular complexity index is 869. The Morgan fingerprint density at radius 2 is 1.72 bits per heavy atom. The number of rotatable bonds is 5. The Hall–Kier alpha value is -2.70. The Balaban J connectivity index is 1.68. The van der Waals surface area contributed by atoms with Crippen LogP contribution in [0.5, 0.6) is 0 Å². The summed E-state index contributed by atoms with van der Waals surface area (Å²) < 4.78 is 0. The molecule has 0 bridgehead atoms. The fraction of sp³-hybridized carbons (Fsp3) is 0.0588. The Kier molecular flexibility index (Phi) is 5.42. The van der Waals surface area contributed by atoms with Crippen LogP contribution in [0.15, 0.2) is 55.0 Å². The normalized spacial score (nSPS) is 10.3. The van der Waals surface area contributed by atoms with Gasteiger partial charge in [0.15, 0.2) is 0 Å². The summed E-state index contributed by atoms with van der Waals surface area (Å²) in [5.74, 6) is -0.0266. The maximum Gasteiger partial charge on any atom is 0.274 e. The van der Waals surface area contributed by atoms with E-state index in [1.54, 1.807) is 30.6 Å². The number of halogens is 2. The first-order valence-corrected chi connectivity index (χ1v) is 8.09. The van der Waals surface area contributed by atoms with Gasteiger partial charge in [0, 0.05) is 40.9 Å². The Morgan fingerprint density at radius 1 is 1.00 bits per heavy atom. The van der Waals surface area contributed by atoms with Crippen molar-refractivity contribution in [1.82, 2.24) is 15.0 Å². The number of nitrogens with one attached hydrogen (secondary N) is 2. The summed E-state index contributed by atoms with van der Waals surface area (Å²) in [6, 6.07) is 10.1. The van der Waals surface area contributed by atoms with Crippen LogP contribution < -0.4 is 10.6 Å². The van der Waals surface area contributed by atoms with E-state index < -0.39 is 0 Å². The van der Waals surface area contributed by atoms with Crippen molar-refractivity contribution < 1.29 is 4.79 Å². The van der Waals surface area contributed by atoms with Gasteiger partial charge in [-0.15, -0.1) is 0 Å². The number of nitrogens with zero attached hydrogens (tertiary/aromatic N) is 3. The molecule has 0 aliphatic rings. The minimum atomic E-state index is -0.382. The van der Waals surface area contributed by atoms with Crippen LogP contribution in [0.3, 0.4) is 0 Å². The average molecular weight is 374 g/mol. The SMILES string of the molecule is O=C(Nc1cc(Cl)cc(Cl)c1)c1ccnc(NCc2ccncc2)n1. The van der Waals surface area contributed by atoms with E-state index in [1.165, 1.54) is 12.3 Å². The van der Waals surface area contributed by atoms with Crippen molar-refractivity contribution in [3.05, 3.63) is 76.3 Å². The fourth-order valence-corrected chi connectivity index (χ4v) is 2.60. The van der Waals surface area contributed by atoms with Gasteiger partial charge < -0.3 is 10.6 Å². The molecule has 25 heavy (non-hydrogen) atoms. The number of carbonyl (C=O) groups excluding carboxylic acids is 1. The monoisotopic (exact) mass is 373 g/mol. The van der Waals surface area contributed by atoms with E-state index in [9.17, 15) is 4.79 Å². The topological polar surface area (TPSA) is 79.8 Å². The van der Waals surface area contributed by atoms with E-state index in [2.05, 4.69) is 25.6 Å². The van der Waals surface area contributed by atoms with Crippen LogP contribution >= 0.6 is 23.2 Å². The standard InChI is InChI=1S/C17H13Cl2N5O/c18-12-7-13(19)9-14(8-12)23-16(25)15-3-6-21-17(24-15)22-10-11-1-4-20-5-2-11/h1-9H,10H2,(H,23,25)(H,21,22,24). The summed E-state index contributed by atoms with van der Waals surface area (Å²) >= 11 is 11.9. The first-order valence-electron chi connectivity index (χ1n) is 7.33. The van der Waals surface area contributed by atoms with Gasteiger partial charge in [-0.1, -0.05) is 23.2 Å². The number of hydrogen-bond donors (Lipinski definition) is 2. The number of aromatic nitrogens is 3. The number of carbonyl (C=O) groups is 1. The van der Waals surface area contributed by atoms with E-state index in [4.69, 9.17) is 23.2 Å². The largest absolute Gasteiger partial charge is 0.350 e. The minimum Gasteiger partial charge on any atom is -0.350 e. The van der Waals surface area contributed by atoms with Crippen molar-refractivity contribution >= 4 is 40.7 Å². The lowest BCUT2D eigenvalue weighted by molar-refractivity contribution is 0.102. The summed E-state index contributed by atoms with van der Waals surface area (Å²) in [6.45, 7) is 0.525. The number of hydrogen-bond acceptors (Lipinski definition) is 5. The lowest BCUT2D eigenvalue weighted by atomic mass is 10.3. The fourth-order valence-electron chi connectivity index (χ4n) is 2.07. The molecule has 2 N–H and O–H groups in total. The van der Waals surface area contributed by atoms with Gasteiger partial charge in [0.2, 0.25) is 5.95 Å². The third-order valence-corrected chi connectivity index (χ3v) is 3.65. The molecule has 0 saturated heterocycles. The number of anilines is 2. The van der Waals surface area contributed by atoms with Crippen LogP contribution in [0.1, 0.15) is 16.1 Å². The molecule has 0 saturated carbocycles.